The van der Waals surface area contributed by atoms with Gasteiger partial charge in [0.25, 0.3) is 10.0 Å². The molecule has 0 heterocycles. The minimum absolute atomic E-state index is 0.0617. The van der Waals surface area contributed by atoms with Gasteiger partial charge >= 0.3 is 0 Å². The van der Waals surface area contributed by atoms with Crippen molar-refractivity contribution in [2.24, 2.45) is 0 Å². The van der Waals surface area contributed by atoms with E-state index in [4.69, 9.17) is 30.5 Å². The molecular formula is C25H28ClNO6S. The Balaban J connectivity index is 2.27. The monoisotopic (exact) mass is 505 g/mol. The zero-order valence-electron chi connectivity index (χ0n) is 20.0. The first kappa shape index (κ1) is 25.5. The van der Waals surface area contributed by atoms with Gasteiger partial charge < -0.3 is 18.9 Å². The highest BCUT2D eigenvalue weighted by Crippen LogP contribution is 2.41. The predicted octanol–water partition coefficient (Wildman–Crippen LogP) is 5.64. The standard InChI is InChI=1S/C25H28ClNO6S/c1-16-7-10-20(15-22(16)26)34(28,29)27(18-8-11-24(32-5)25(13-18)33-6)17(2)21-14-19(30-3)9-12-23(21)31-4/h7-15,17H,1-6H3/t17-/m0/s1. The Hall–Kier alpha value is -3.10. The van der Waals surface area contributed by atoms with E-state index in [0.717, 1.165) is 5.56 Å². The number of halogens is 1. The molecule has 182 valence electrons. The van der Waals surface area contributed by atoms with Crippen molar-refractivity contribution in [3.8, 4) is 23.0 Å². The molecule has 0 aliphatic rings. The van der Waals surface area contributed by atoms with Crippen LogP contribution in [0.15, 0.2) is 59.5 Å². The third-order valence-electron chi connectivity index (χ3n) is 5.56. The van der Waals surface area contributed by atoms with Gasteiger partial charge in [0.05, 0.1) is 45.1 Å². The summed E-state index contributed by atoms with van der Waals surface area (Å²) in [6.07, 6.45) is 0. The normalized spacial score (nSPS) is 12.1. The lowest BCUT2D eigenvalue weighted by Gasteiger charge is -2.32. The number of sulfonamides is 1. The largest absolute Gasteiger partial charge is 0.497 e. The molecule has 0 aromatic heterocycles. The minimum Gasteiger partial charge on any atom is -0.497 e. The van der Waals surface area contributed by atoms with Gasteiger partial charge in [0.2, 0.25) is 0 Å². The van der Waals surface area contributed by atoms with Gasteiger partial charge in [0.1, 0.15) is 11.5 Å². The summed E-state index contributed by atoms with van der Waals surface area (Å²) in [7, 11) is 2.02. The molecule has 9 heteroatoms. The fraction of sp³-hybridized carbons (Fsp3) is 0.280. The van der Waals surface area contributed by atoms with Gasteiger partial charge in [-0.1, -0.05) is 17.7 Å². The molecule has 0 amide bonds. The topological polar surface area (TPSA) is 74.3 Å². The summed E-state index contributed by atoms with van der Waals surface area (Å²) in [5, 5.41) is 0.361. The summed E-state index contributed by atoms with van der Waals surface area (Å²) < 4.78 is 51.1. The lowest BCUT2D eigenvalue weighted by molar-refractivity contribution is 0.355. The second-order valence-electron chi connectivity index (χ2n) is 7.53. The van der Waals surface area contributed by atoms with Crippen LogP contribution in [0.3, 0.4) is 0 Å². The first-order valence-electron chi connectivity index (χ1n) is 10.4. The first-order chi connectivity index (χ1) is 16.2. The van der Waals surface area contributed by atoms with Crippen molar-refractivity contribution in [3.63, 3.8) is 0 Å². The average molecular weight is 506 g/mol. The predicted molar refractivity (Wildman–Crippen MR) is 133 cm³/mol. The Labute approximate surface area is 205 Å². The molecule has 0 aliphatic heterocycles. The van der Waals surface area contributed by atoms with Crippen molar-refractivity contribution in [1.82, 2.24) is 0 Å². The van der Waals surface area contributed by atoms with E-state index in [1.807, 2.05) is 6.92 Å². The van der Waals surface area contributed by atoms with Gasteiger partial charge in [-0.2, -0.15) is 0 Å². The zero-order valence-corrected chi connectivity index (χ0v) is 21.5. The van der Waals surface area contributed by atoms with Gasteiger partial charge in [0, 0.05) is 16.7 Å². The Morgan fingerprint density at radius 2 is 1.44 bits per heavy atom. The fourth-order valence-electron chi connectivity index (χ4n) is 3.67. The average Bonchev–Trinajstić information content (AvgIpc) is 2.84. The number of nitrogens with zero attached hydrogens (tertiary/aromatic N) is 1. The van der Waals surface area contributed by atoms with Crippen LogP contribution in [0, 0.1) is 6.92 Å². The van der Waals surface area contributed by atoms with Crippen LogP contribution < -0.4 is 23.3 Å². The van der Waals surface area contributed by atoms with Gasteiger partial charge in [-0.3, -0.25) is 4.31 Å². The number of hydrogen-bond donors (Lipinski definition) is 0. The zero-order chi connectivity index (χ0) is 25.0. The van der Waals surface area contributed by atoms with E-state index in [1.165, 1.54) is 31.7 Å². The van der Waals surface area contributed by atoms with Crippen LogP contribution in [0.2, 0.25) is 5.02 Å². The SMILES string of the molecule is COc1ccc(OC)c([C@H](C)N(c2ccc(OC)c(OC)c2)S(=O)(=O)c2ccc(C)c(Cl)c2)c1. The van der Waals surface area contributed by atoms with Crippen LogP contribution in [-0.4, -0.2) is 36.9 Å². The summed E-state index contributed by atoms with van der Waals surface area (Å²) in [5.41, 5.74) is 1.78. The quantitative estimate of drug-likeness (QED) is 0.374. The summed E-state index contributed by atoms with van der Waals surface area (Å²) in [6.45, 7) is 3.59. The molecule has 0 N–H and O–H groups in total. The lowest BCUT2D eigenvalue weighted by Crippen LogP contribution is -2.34. The molecule has 0 radical (unpaired) electrons. The van der Waals surface area contributed by atoms with E-state index < -0.39 is 16.1 Å². The molecule has 0 unspecified atom stereocenters. The Morgan fingerprint density at radius 1 is 0.794 bits per heavy atom. The second-order valence-corrected chi connectivity index (χ2v) is 9.76. The molecule has 3 aromatic carbocycles. The van der Waals surface area contributed by atoms with E-state index in [0.29, 0.717) is 39.3 Å². The Kier molecular flexibility index (Phi) is 7.84. The van der Waals surface area contributed by atoms with Crippen molar-refractivity contribution in [3.05, 3.63) is 70.7 Å². The molecule has 1 atom stereocenters. The third kappa shape index (κ3) is 4.88. The van der Waals surface area contributed by atoms with Crippen molar-refractivity contribution < 1.29 is 27.4 Å². The molecule has 0 spiro atoms. The van der Waals surface area contributed by atoms with Gasteiger partial charge in [0.15, 0.2) is 11.5 Å². The number of benzene rings is 3. The molecule has 3 aromatic rings. The molecule has 0 saturated heterocycles. The van der Waals surface area contributed by atoms with E-state index in [9.17, 15) is 8.42 Å². The number of hydrogen-bond acceptors (Lipinski definition) is 6. The lowest BCUT2D eigenvalue weighted by atomic mass is 10.1. The molecule has 7 nitrogen and oxygen atoms in total. The first-order valence-corrected chi connectivity index (χ1v) is 12.2. The van der Waals surface area contributed by atoms with Crippen LogP contribution >= 0.6 is 11.6 Å². The second kappa shape index (κ2) is 10.4. The van der Waals surface area contributed by atoms with Crippen LogP contribution in [0.25, 0.3) is 0 Å². The van der Waals surface area contributed by atoms with E-state index in [-0.39, 0.29) is 4.90 Å². The number of rotatable bonds is 9. The van der Waals surface area contributed by atoms with Crippen molar-refractivity contribution in [2.75, 3.05) is 32.7 Å². The number of anilines is 1. The van der Waals surface area contributed by atoms with Crippen LogP contribution in [-0.2, 0) is 10.0 Å². The fourth-order valence-corrected chi connectivity index (χ4v) is 5.57. The van der Waals surface area contributed by atoms with Crippen LogP contribution in [0.4, 0.5) is 5.69 Å². The van der Waals surface area contributed by atoms with E-state index >= 15 is 0 Å². The highest BCUT2D eigenvalue weighted by atomic mass is 35.5. The van der Waals surface area contributed by atoms with Crippen LogP contribution in [0.5, 0.6) is 23.0 Å². The molecule has 0 fully saturated rings. The van der Waals surface area contributed by atoms with Crippen molar-refractivity contribution >= 4 is 27.3 Å². The maximum absolute atomic E-state index is 14.0. The van der Waals surface area contributed by atoms with Crippen LogP contribution in [0.1, 0.15) is 24.1 Å². The van der Waals surface area contributed by atoms with E-state index in [1.54, 1.807) is 62.6 Å². The molecule has 0 aliphatic carbocycles. The number of ether oxygens (including phenoxy) is 4. The number of aryl methyl sites for hydroxylation is 1. The molecule has 34 heavy (non-hydrogen) atoms. The summed E-state index contributed by atoms with van der Waals surface area (Å²) in [5.74, 6) is 1.97. The van der Waals surface area contributed by atoms with Crippen molar-refractivity contribution in [2.45, 2.75) is 24.8 Å². The maximum atomic E-state index is 14.0. The Morgan fingerprint density at radius 3 is 2.03 bits per heavy atom. The van der Waals surface area contributed by atoms with Gasteiger partial charge in [-0.15, -0.1) is 0 Å². The molecular weight excluding hydrogens is 478 g/mol. The summed E-state index contributed by atoms with van der Waals surface area (Å²) in [4.78, 5) is 0.0617. The number of methoxy groups -OCH3 is 4. The highest BCUT2D eigenvalue weighted by Gasteiger charge is 2.33. The highest BCUT2D eigenvalue weighted by molar-refractivity contribution is 7.92. The minimum atomic E-state index is -4.07. The third-order valence-corrected chi connectivity index (χ3v) is 7.86. The maximum Gasteiger partial charge on any atom is 0.264 e. The summed E-state index contributed by atoms with van der Waals surface area (Å²) >= 11 is 6.29. The molecule has 0 bridgehead atoms. The van der Waals surface area contributed by atoms with E-state index in [2.05, 4.69) is 0 Å². The van der Waals surface area contributed by atoms with Gasteiger partial charge in [-0.05, 0) is 61.9 Å². The van der Waals surface area contributed by atoms with Gasteiger partial charge in [-0.25, -0.2) is 8.42 Å². The Bertz CT molecular complexity index is 1280. The summed E-state index contributed by atoms with van der Waals surface area (Å²) in [6, 6.07) is 14.2. The molecule has 0 saturated carbocycles. The molecule has 3 rings (SSSR count). The van der Waals surface area contributed by atoms with Crippen molar-refractivity contribution in [1.29, 1.82) is 0 Å². The smallest absolute Gasteiger partial charge is 0.264 e.